The Bertz CT molecular complexity index is 1710. The average molecular weight is 631 g/mol. The molecular weight excluding hydrogens is 596 g/mol. The van der Waals surface area contributed by atoms with Crippen LogP contribution in [0, 0.1) is 10.1 Å². The largest absolute Gasteiger partial charge is 0.456 e. The molecule has 2 aliphatic heterocycles. The summed E-state index contributed by atoms with van der Waals surface area (Å²) >= 11 is 0. The number of hydrogen-bond donors (Lipinski definition) is 1. The molecule has 1 fully saturated rings. The number of amides is 1. The van der Waals surface area contributed by atoms with Gasteiger partial charge in [-0.15, -0.1) is 0 Å². The van der Waals surface area contributed by atoms with Crippen LogP contribution in [0.4, 0.5) is 5.69 Å². The highest BCUT2D eigenvalue weighted by Crippen LogP contribution is 2.41. The van der Waals surface area contributed by atoms with E-state index >= 15 is 0 Å². The van der Waals surface area contributed by atoms with E-state index in [0.717, 1.165) is 16.7 Å². The van der Waals surface area contributed by atoms with E-state index in [1.807, 2.05) is 110 Å². The van der Waals surface area contributed by atoms with Crippen molar-refractivity contribution in [1.82, 2.24) is 15.1 Å². The van der Waals surface area contributed by atoms with Crippen LogP contribution >= 0.6 is 0 Å². The summed E-state index contributed by atoms with van der Waals surface area (Å²) in [6.07, 6.45) is 2.72. The molecular formula is C37H34N4O6. The summed E-state index contributed by atoms with van der Waals surface area (Å²) in [5, 5.41) is 14.7. The van der Waals surface area contributed by atoms with Crippen molar-refractivity contribution in [1.29, 1.82) is 0 Å². The van der Waals surface area contributed by atoms with Crippen molar-refractivity contribution in [3.05, 3.63) is 171 Å². The number of non-ortho nitro benzene ring substituents is 1. The molecule has 238 valence electrons. The second-order valence-electron chi connectivity index (χ2n) is 11.5. The van der Waals surface area contributed by atoms with Crippen molar-refractivity contribution in [2.24, 2.45) is 0 Å². The molecule has 2 heterocycles. The second-order valence-corrected chi connectivity index (χ2v) is 11.5. The van der Waals surface area contributed by atoms with Gasteiger partial charge in [-0.2, -0.15) is 0 Å². The number of nitro groups is 1. The van der Waals surface area contributed by atoms with Crippen LogP contribution in [0.3, 0.4) is 0 Å². The normalized spacial score (nSPS) is 17.7. The van der Waals surface area contributed by atoms with Crippen LogP contribution in [0.1, 0.15) is 22.3 Å². The van der Waals surface area contributed by atoms with E-state index < -0.39 is 28.7 Å². The van der Waals surface area contributed by atoms with Gasteiger partial charge in [0.2, 0.25) is 0 Å². The molecule has 0 radical (unpaired) electrons. The summed E-state index contributed by atoms with van der Waals surface area (Å²) < 4.78 is 11.9. The Labute approximate surface area is 272 Å². The molecule has 10 heteroatoms. The van der Waals surface area contributed by atoms with Crippen molar-refractivity contribution < 1.29 is 24.0 Å². The summed E-state index contributed by atoms with van der Waals surface area (Å²) in [6.45, 7) is -0.0483. The van der Waals surface area contributed by atoms with Gasteiger partial charge in [0.1, 0.15) is 18.3 Å². The SMILES string of the molecule is CN(C)C=CC1=C(C(=O)OCc2ccc([N+](=O)[O-])cc2)N2C(=O)C(NC(c3ccccc3)(c3ccccc3)c3ccccc3)C2OC1. The van der Waals surface area contributed by atoms with Crippen LogP contribution in [-0.2, 0) is 31.2 Å². The molecule has 2 atom stereocenters. The van der Waals surface area contributed by atoms with E-state index in [1.54, 1.807) is 12.3 Å². The number of nitro benzene ring substituents is 1. The Morgan fingerprint density at radius 2 is 1.47 bits per heavy atom. The van der Waals surface area contributed by atoms with Crippen molar-refractivity contribution in [3.8, 4) is 0 Å². The van der Waals surface area contributed by atoms with E-state index in [4.69, 9.17) is 9.47 Å². The van der Waals surface area contributed by atoms with Crippen molar-refractivity contribution in [2.75, 3.05) is 20.7 Å². The molecule has 0 spiro atoms. The van der Waals surface area contributed by atoms with E-state index in [9.17, 15) is 19.7 Å². The minimum atomic E-state index is -0.926. The number of fused-ring (bicyclic) bond motifs is 1. The lowest BCUT2D eigenvalue weighted by molar-refractivity contribution is -0.384. The molecule has 47 heavy (non-hydrogen) atoms. The maximum atomic E-state index is 14.2. The molecule has 0 aliphatic carbocycles. The van der Waals surface area contributed by atoms with Gasteiger partial charge in [0.25, 0.3) is 11.6 Å². The molecule has 10 nitrogen and oxygen atoms in total. The summed E-state index contributed by atoms with van der Waals surface area (Å²) in [4.78, 5) is 41.6. The number of hydrogen-bond acceptors (Lipinski definition) is 8. The topological polar surface area (TPSA) is 114 Å². The standard InChI is InChI=1S/C37H34N4O6/c1-39(2)23-22-27-25-46-35-32(34(42)40(35)33(27)36(43)47-24-26-18-20-31(21-19-26)41(44)45)38-37(28-12-6-3-7-13-28,29-14-8-4-9-15-29)30-16-10-5-11-17-30/h3-23,32,35,38H,24-25H2,1-2H3. The van der Waals surface area contributed by atoms with Crippen LogP contribution in [0.2, 0.25) is 0 Å². The van der Waals surface area contributed by atoms with Crippen molar-refractivity contribution in [3.63, 3.8) is 0 Å². The van der Waals surface area contributed by atoms with Gasteiger partial charge in [0.15, 0.2) is 6.23 Å². The van der Waals surface area contributed by atoms with Crippen LogP contribution in [0.5, 0.6) is 0 Å². The zero-order valence-corrected chi connectivity index (χ0v) is 26.0. The maximum absolute atomic E-state index is 14.2. The number of carbonyl (C=O) groups excluding carboxylic acids is 2. The lowest BCUT2D eigenvalue weighted by Crippen LogP contribution is -2.74. The maximum Gasteiger partial charge on any atom is 0.355 e. The zero-order valence-electron chi connectivity index (χ0n) is 26.0. The molecule has 0 bridgehead atoms. The first-order valence-corrected chi connectivity index (χ1v) is 15.2. The minimum absolute atomic E-state index is 0.0616. The summed E-state index contributed by atoms with van der Waals surface area (Å²) in [7, 11) is 3.70. The van der Waals surface area contributed by atoms with Crippen molar-refractivity contribution >= 4 is 17.6 Å². The lowest BCUT2D eigenvalue weighted by Gasteiger charge is -2.52. The first-order valence-electron chi connectivity index (χ1n) is 15.2. The first-order chi connectivity index (χ1) is 22.8. The van der Waals surface area contributed by atoms with Gasteiger partial charge in [-0.1, -0.05) is 91.0 Å². The monoisotopic (exact) mass is 630 g/mol. The summed E-state index contributed by atoms with van der Waals surface area (Å²) in [6, 6.07) is 34.8. The fraction of sp³-hybridized carbons (Fsp3) is 0.189. The fourth-order valence-electron chi connectivity index (χ4n) is 5.98. The number of benzene rings is 4. The number of β-lactam (4-membered cyclic amide) rings is 1. The van der Waals surface area contributed by atoms with Gasteiger partial charge in [0, 0.05) is 31.8 Å². The molecule has 2 unspecified atom stereocenters. The first kappa shape index (κ1) is 31.4. The fourth-order valence-corrected chi connectivity index (χ4v) is 5.98. The Kier molecular flexibility index (Phi) is 8.97. The van der Waals surface area contributed by atoms with Gasteiger partial charge in [-0.25, -0.2) is 4.79 Å². The third-order valence-corrected chi connectivity index (χ3v) is 8.27. The van der Waals surface area contributed by atoms with Crippen LogP contribution < -0.4 is 5.32 Å². The Morgan fingerprint density at radius 1 is 0.936 bits per heavy atom. The molecule has 0 aromatic heterocycles. The molecule has 0 saturated carbocycles. The van der Waals surface area contributed by atoms with Crippen molar-refractivity contribution in [2.45, 2.75) is 24.4 Å². The molecule has 4 aromatic carbocycles. The van der Waals surface area contributed by atoms with Gasteiger partial charge in [0.05, 0.1) is 17.1 Å². The molecule has 1 saturated heterocycles. The molecule has 1 N–H and O–H groups in total. The third kappa shape index (κ3) is 6.16. The summed E-state index contributed by atoms with van der Waals surface area (Å²) in [5.41, 5.74) is 3.00. The molecule has 4 aromatic rings. The van der Waals surface area contributed by atoms with Gasteiger partial charge >= 0.3 is 5.97 Å². The highest BCUT2D eigenvalue weighted by molar-refractivity contribution is 6.01. The third-order valence-electron chi connectivity index (χ3n) is 8.27. The predicted octanol–water partition coefficient (Wildman–Crippen LogP) is 5.12. The van der Waals surface area contributed by atoms with Crippen LogP contribution in [-0.4, -0.2) is 59.6 Å². The molecule has 2 aliphatic rings. The van der Waals surface area contributed by atoms with Crippen LogP contribution in [0.15, 0.2) is 139 Å². The Balaban J connectivity index is 1.34. The Morgan fingerprint density at radius 3 is 1.96 bits per heavy atom. The number of esters is 1. The number of rotatable bonds is 11. The predicted molar refractivity (Wildman–Crippen MR) is 175 cm³/mol. The van der Waals surface area contributed by atoms with E-state index in [-0.39, 0.29) is 30.5 Å². The van der Waals surface area contributed by atoms with Crippen LogP contribution in [0.25, 0.3) is 0 Å². The number of carbonyl (C=O) groups is 2. The number of nitrogens with zero attached hydrogens (tertiary/aromatic N) is 3. The van der Waals surface area contributed by atoms with Gasteiger partial charge in [-0.3, -0.25) is 25.1 Å². The average Bonchev–Trinajstić information content (AvgIpc) is 3.11. The lowest BCUT2D eigenvalue weighted by atomic mass is 9.75. The van der Waals surface area contributed by atoms with Gasteiger partial charge < -0.3 is 14.4 Å². The molecule has 1 amide bonds. The highest BCUT2D eigenvalue weighted by Gasteiger charge is 2.57. The molecule has 6 rings (SSSR count). The van der Waals surface area contributed by atoms with E-state index in [2.05, 4.69) is 5.32 Å². The Hall–Kier alpha value is -5.58. The second kappa shape index (κ2) is 13.4. The summed E-state index contributed by atoms with van der Waals surface area (Å²) in [5.74, 6) is -1.03. The highest BCUT2D eigenvalue weighted by atomic mass is 16.6. The van der Waals surface area contributed by atoms with E-state index in [0.29, 0.717) is 11.1 Å². The van der Waals surface area contributed by atoms with E-state index in [1.165, 1.54) is 29.2 Å². The quantitative estimate of drug-likeness (QED) is 0.0799. The van der Waals surface area contributed by atoms with Gasteiger partial charge in [-0.05, 0) is 46.7 Å². The smallest absolute Gasteiger partial charge is 0.355 e. The number of ether oxygens (including phenoxy) is 2. The minimum Gasteiger partial charge on any atom is -0.456 e. The zero-order chi connectivity index (χ0) is 33.0. The number of nitrogens with one attached hydrogen (secondary N) is 1.